The summed E-state index contributed by atoms with van der Waals surface area (Å²) >= 11 is 6.19. The molecule has 1 atom stereocenters. The molecule has 0 aliphatic carbocycles. The van der Waals surface area contributed by atoms with Crippen molar-refractivity contribution >= 4 is 39.3 Å². The van der Waals surface area contributed by atoms with Crippen LogP contribution in [0.2, 0.25) is 5.02 Å². The maximum absolute atomic E-state index is 13.0. The van der Waals surface area contributed by atoms with Gasteiger partial charge in [0.15, 0.2) is 0 Å². The summed E-state index contributed by atoms with van der Waals surface area (Å²) < 4.78 is 31.3. The first-order valence-corrected chi connectivity index (χ1v) is 12.7. The molecule has 8 nitrogen and oxygen atoms in total. The number of nitrogens with one attached hydrogen (secondary N) is 2. The summed E-state index contributed by atoms with van der Waals surface area (Å²) in [6.45, 7) is 11.0. The summed E-state index contributed by atoms with van der Waals surface area (Å²) in [6.07, 6.45) is 0.702. The van der Waals surface area contributed by atoms with Crippen molar-refractivity contribution in [2.45, 2.75) is 71.0 Å². The second-order valence-corrected chi connectivity index (χ2v) is 11.0. The Morgan fingerprint density at radius 1 is 1.12 bits per heavy atom. The van der Waals surface area contributed by atoms with Crippen LogP contribution in [0.3, 0.4) is 0 Å². The van der Waals surface area contributed by atoms with E-state index in [0.717, 1.165) is 0 Å². The summed E-state index contributed by atoms with van der Waals surface area (Å²) in [7, 11) is -4.18. The molecular weight excluding hydrogens is 478 g/mol. The molecule has 0 fully saturated rings. The predicted octanol–water partition coefficient (Wildman–Crippen LogP) is 5.17. The van der Waals surface area contributed by atoms with Crippen LogP contribution in [0.25, 0.3) is 0 Å². The van der Waals surface area contributed by atoms with Gasteiger partial charge >= 0.3 is 16.1 Å². The van der Waals surface area contributed by atoms with E-state index in [2.05, 4.69) is 10.6 Å². The van der Waals surface area contributed by atoms with Gasteiger partial charge in [0.25, 0.3) is 0 Å². The fraction of sp³-hybridized carbons (Fsp3) is 0.417. The van der Waals surface area contributed by atoms with Crippen LogP contribution in [-0.4, -0.2) is 36.8 Å². The van der Waals surface area contributed by atoms with E-state index in [4.69, 9.17) is 15.8 Å². The quantitative estimate of drug-likeness (QED) is 0.477. The van der Waals surface area contributed by atoms with Crippen molar-refractivity contribution in [1.29, 1.82) is 0 Å². The van der Waals surface area contributed by atoms with E-state index in [0.29, 0.717) is 22.7 Å². The zero-order valence-electron chi connectivity index (χ0n) is 20.3. The van der Waals surface area contributed by atoms with E-state index < -0.39 is 15.7 Å². The molecule has 10 heteroatoms. The molecule has 2 rings (SSSR count). The number of carbonyl (C=O) groups is 2. The number of urea groups is 1. The van der Waals surface area contributed by atoms with Crippen molar-refractivity contribution in [2.24, 2.45) is 0 Å². The van der Waals surface area contributed by atoms with E-state index in [9.17, 15) is 18.0 Å². The number of hydrogen-bond acceptors (Lipinski definition) is 5. The minimum atomic E-state index is -4.18. The summed E-state index contributed by atoms with van der Waals surface area (Å²) in [5.41, 5.74) is 0.478. The van der Waals surface area contributed by atoms with Crippen LogP contribution in [0.4, 0.5) is 10.5 Å². The highest BCUT2D eigenvalue weighted by molar-refractivity contribution is 7.87. The van der Waals surface area contributed by atoms with Crippen molar-refractivity contribution in [3.8, 4) is 5.75 Å². The van der Waals surface area contributed by atoms with Crippen LogP contribution < -0.4 is 14.8 Å². The van der Waals surface area contributed by atoms with Gasteiger partial charge in [-0.05, 0) is 76.6 Å². The van der Waals surface area contributed by atoms with Crippen LogP contribution in [0.15, 0.2) is 47.4 Å². The fourth-order valence-corrected chi connectivity index (χ4v) is 4.21. The van der Waals surface area contributed by atoms with E-state index in [1.54, 1.807) is 11.0 Å². The first-order valence-electron chi connectivity index (χ1n) is 10.9. The van der Waals surface area contributed by atoms with Gasteiger partial charge in [0, 0.05) is 34.8 Å². The molecule has 3 amide bonds. The molecule has 0 radical (unpaired) electrons. The van der Waals surface area contributed by atoms with E-state index in [1.807, 2.05) is 34.6 Å². The highest BCUT2D eigenvalue weighted by Gasteiger charge is 2.26. The summed E-state index contributed by atoms with van der Waals surface area (Å²) in [4.78, 5) is 25.7. The monoisotopic (exact) mass is 509 g/mol. The average molecular weight is 510 g/mol. The molecule has 0 spiro atoms. The molecule has 0 bridgehead atoms. The molecule has 0 saturated heterocycles. The van der Waals surface area contributed by atoms with Gasteiger partial charge in [-0.2, -0.15) is 8.42 Å². The van der Waals surface area contributed by atoms with E-state index in [1.165, 1.54) is 43.3 Å². The van der Waals surface area contributed by atoms with Crippen LogP contribution >= 0.6 is 11.6 Å². The Morgan fingerprint density at radius 3 is 2.26 bits per heavy atom. The van der Waals surface area contributed by atoms with E-state index >= 15 is 0 Å². The number of amides is 3. The molecule has 34 heavy (non-hydrogen) atoms. The van der Waals surface area contributed by atoms with Crippen molar-refractivity contribution < 1.29 is 22.2 Å². The van der Waals surface area contributed by atoms with Gasteiger partial charge in [0.1, 0.15) is 10.6 Å². The Hall–Kier alpha value is -2.78. The molecule has 0 aliphatic heterocycles. The minimum absolute atomic E-state index is 0.0761. The molecule has 2 N–H and O–H groups in total. The number of halogens is 1. The van der Waals surface area contributed by atoms with Crippen molar-refractivity contribution in [1.82, 2.24) is 10.2 Å². The molecule has 0 heterocycles. The SMILES string of the molecule is CC[C@H](C)N(Cc1cc(Cl)ccc1OS(=O)(=O)c1ccc(NC(C)=O)cc1)C(=O)NC(C)(C)C. The number of benzene rings is 2. The summed E-state index contributed by atoms with van der Waals surface area (Å²) in [5.74, 6) is -0.189. The lowest BCUT2D eigenvalue weighted by atomic mass is 10.1. The van der Waals surface area contributed by atoms with Gasteiger partial charge in [-0.15, -0.1) is 0 Å². The zero-order chi connectivity index (χ0) is 25.7. The molecule has 2 aromatic rings. The maximum atomic E-state index is 13.0. The Kier molecular flexibility index (Phi) is 8.96. The summed E-state index contributed by atoms with van der Waals surface area (Å²) in [6, 6.07) is 9.83. The number of nitrogens with zero attached hydrogens (tertiary/aromatic N) is 1. The summed E-state index contributed by atoms with van der Waals surface area (Å²) in [5, 5.41) is 5.92. The highest BCUT2D eigenvalue weighted by Crippen LogP contribution is 2.29. The van der Waals surface area contributed by atoms with Crippen molar-refractivity contribution in [3.63, 3.8) is 0 Å². The molecule has 0 unspecified atom stereocenters. The van der Waals surface area contributed by atoms with Crippen molar-refractivity contribution in [3.05, 3.63) is 53.1 Å². The van der Waals surface area contributed by atoms with Crippen LogP contribution in [-0.2, 0) is 21.5 Å². The lowest BCUT2D eigenvalue weighted by Crippen LogP contribution is -2.50. The Balaban J connectivity index is 2.36. The molecular formula is C24H32ClN3O5S. The first kappa shape index (κ1) is 27.5. The lowest BCUT2D eigenvalue weighted by molar-refractivity contribution is -0.114. The third-order valence-electron chi connectivity index (χ3n) is 4.89. The van der Waals surface area contributed by atoms with Gasteiger partial charge in [-0.1, -0.05) is 18.5 Å². The average Bonchev–Trinajstić information content (AvgIpc) is 2.71. The second-order valence-electron chi connectivity index (χ2n) is 9.06. The van der Waals surface area contributed by atoms with Gasteiger partial charge in [0.2, 0.25) is 5.91 Å². The van der Waals surface area contributed by atoms with Gasteiger partial charge in [-0.25, -0.2) is 4.79 Å². The van der Waals surface area contributed by atoms with Crippen LogP contribution in [0.1, 0.15) is 53.5 Å². The number of hydrogen-bond donors (Lipinski definition) is 2. The van der Waals surface area contributed by atoms with E-state index in [-0.39, 0.29) is 35.2 Å². The lowest BCUT2D eigenvalue weighted by Gasteiger charge is -2.32. The Labute approximate surface area is 206 Å². The standard InChI is InChI=1S/C24H32ClN3O5S/c1-7-16(2)28(23(30)27-24(4,5)6)15-18-14-19(25)8-13-22(18)33-34(31,32)21-11-9-20(10-12-21)26-17(3)29/h8-14,16H,7,15H2,1-6H3,(H,26,29)(H,27,30)/t16-/m0/s1. The number of carbonyl (C=O) groups excluding carboxylic acids is 2. The third kappa shape index (κ3) is 7.92. The Morgan fingerprint density at radius 2 is 1.74 bits per heavy atom. The second kappa shape index (κ2) is 11.1. The van der Waals surface area contributed by atoms with Gasteiger partial charge < -0.3 is 19.7 Å². The first-order chi connectivity index (χ1) is 15.7. The van der Waals surface area contributed by atoms with Gasteiger partial charge in [0.05, 0.1) is 6.54 Å². The molecule has 2 aromatic carbocycles. The molecule has 186 valence electrons. The van der Waals surface area contributed by atoms with Gasteiger partial charge in [-0.3, -0.25) is 4.79 Å². The maximum Gasteiger partial charge on any atom is 0.339 e. The Bertz CT molecular complexity index is 1130. The number of rotatable bonds is 8. The van der Waals surface area contributed by atoms with Crippen LogP contribution in [0, 0.1) is 0 Å². The van der Waals surface area contributed by atoms with Crippen molar-refractivity contribution in [2.75, 3.05) is 5.32 Å². The minimum Gasteiger partial charge on any atom is -0.379 e. The predicted molar refractivity (Wildman–Crippen MR) is 134 cm³/mol. The van der Waals surface area contributed by atoms with Crippen LogP contribution in [0.5, 0.6) is 5.75 Å². The normalized spacial score (nSPS) is 12.6. The smallest absolute Gasteiger partial charge is 0.339 e. The topological polar surface area (TPSA) is 105 Å². The largest absolute Gasteiger partial charge is 0.379 e. The number of anilines is 1. The highest BCUT2D eigenvalue weighted by atomic mass is 35.5. The molecule has 0 saturated carbocycles. The molecule has 0 aliphatic rings. The molecule has 0 aromatic heterocycles. The fourth-order valence-electron chi connectivity index (χ4n) is 3.05. The zero-order valence-corrected chi connectivity index (χ0v) is 21.9. The third-order valence-corrected chi connectivity index (χ3v) is 6.38.